The van der Waals surface area contributed by atoms with E-state index in [1.807, 2.05) is 0 Å². The Kier molecular flexibility index (Phi) is 11.4. The number of alkyl halides is 1. The van der Waals surface area contributed by atoms with E-state index in [0.717, 1.165) is 47.3 Å². The molecule has 1 aliphatic heterocycles. The maximum Gasteiger partial charge on any atom is 0.292 e. The monoisotopic (exact) mass is 811 g/mol. The van der Waals surface area contributed by atoms with Crippen molar-refractivity contribution in [2.24, 2.45) is 0 Å². The third-order valence-electron chi connectivity index (χ3n) is 7.25. The van der Waals surface area contributed by atoms with Crippen LogP contribution in [0, 0.1) is 11.6 Å². The Hall–Kier alpha value is -4.16. The lowest BCUT2D eigenvalue weighted by atomic mass is 9.99. The number of anilines is 1. The molecule has 3 aromatic heterocycles. The minimum atomic E-state index is -3.97. The molecule has 0 spiro atoms. The zero-order chi connectivity index (χ0) is 36.1. The Morgan fingerprint density at radius 2 is 1.40 bits per heavy atom. The fourth-order valence-electron chi connectivity index (χ4n) is 4.60. The van der Waals surface area contributed by atoms with E-state index in [-0.39, 0.29) is 49.4 Å². The molecule has 0 radical (unpaired) electrons. The van der Waals surface area contributed by atoms with Crippen LogP contribution < -0.4 is 10.9 Å². The summed E-state index contributed by atoms with van der Waals surface area (Å²) in [6, 6.07) is 14.5. The highest BCUT2D eigenvalue weighted by molar-refractivity contribution is 9.10. The molecular formula is C32H26BrClF3N5O6S2. The zero-order valence-electron chi connectivity index (χ0n) is 25.6. The molecule has 1 aliphatic rings. The van der Waals surface area contributed by atoms with Gasteiger partial charge in [0.05, 0.1) is 46.7 Å². The number of pyridine rings is 2. The van der Waals surface area contributed by atoms with Crippen molar-refractivity contribution in [3.63, 3.8) is 0 Å². The lowest BCUT2D eigenvalue weighted by molar-refractivity contribution is -0.0234. The predicted molar refractivity (Wildman–Crippen MR) is 181 cm³/mol. The first-order chi connectivity index (χ1) is 23.7. The molecule has 1 atom stereocenters. The molecule has 4 heterocycles. The number of hydrogen-bond donors (Lipinski definition) is 1. The first-order valence-corrected chi connectivity index (χ1v) is 18.7. The van der Waals surface area contributed by atoms with Crippen molar-refractivity contribution in [2.45, 2.75) is 38.4 Å². The second-order valence-corrected chi connectivity index (χ2v) is 15.9. The lowest BCUT2D eigenvalue weighted by Crippen LogP contribution is -2.40. The maximum absolute atomic E-state index is 14.7. The first kappa shape index (κ1) is 37.1. The number of benzene rings is 2. The number of ether oxygens (including phenoxy) is 1. The van der Waals surface area contributed by atoms with Gasteiger partial charge in [0.15, 0.2) is 15.7 Å². The molecule has 0 amide bonds. The van der Waals surface area contributed by atoms with Crippen molar-refractivity contribution >= 4 is 52.9 Å². The number of nitrogens with one attached hydrogen (secondary N) is 1. The summed E-state index contributed by atoms with van der Waals surface area (Å²) in [7, 11) is -7.64. The van der Waals surface area contributed by atoms with E-state index in [0.29, 0.717) is 23.9 Å². The molecular weight excluding hydrogens is 787 g/mol. The summed E-state index contributed by atoms with van der Waals surface area (Å²) in [5.41, 5.74) is -1.91. The molecule has 0 aliphatic carbocycles. The molecule has 2 aromatic carbocycles. The SMILES string of the molecule is O=S(=O)(c1ccc(F)cc1)c1ccc(Br)cn1.O=c1c(Cl)c(NC[C@@]2(F)CCCOC2)cnn1-c1ccc(S(=O)(=O)c2ccc(F)cc2)nc1. The maximum atomic E-state index is 14.7. The summed E-state index contributed by atoms with van der Waals surface area (Å²) in [5.74, 6) is -1.04. The van der Waals surface area contributed by atoms with Crippen LogP contribution in [0.1, 0.15) is 12.8 Å². The minimum absolute atomic E-state index is 0.0220. The Morgan fingerprint density at radius 1 is 0.840 bits per heavy atom. The molecule has 18 heteroatoms. The van der Waals surface area contributed by atoms with Crippen LogP contribution in [-0.2, 0) is 24.4 Å². The highest BCUT2D eigenvalue weighted by Crippen LogP contribution is 2.26. The van der Waals surface area contributed by atoms with Gasteiger partial charge in [0.25, 0.3) is 5.56 Å². The summed E-state index contributed by atoms with van der Waals surface area (Å²) in [6.07, 6.45) is 4.77. The standard InChI is InChI=1S/C21H19ClF2N4O4S.C11H7BrFNO2S/c22-19-17(26-12-21(24)8-1-9-32-13-21)11-27-28(20(19)29)15-4-7-18(25-10-15)33(30,31)16-5-2-14(23)3-6-16;12-8-1-6-11(14-7-8)17(15,16)10-4-2-9(13)3-5-10/h2-7,10-11,26H,1,8-9,12-13H2;1-7H/t21-;/m0./s1. The van der Waals surface area contributed by atoms with Crippen LogP contribution in [-0.4, -0.2) is 62.0 Å². The van der Waals surface area contributed by atoms with Crippen molar-refractivity contribution in [3.8, 4) is 5.69 Å². The van der Waals surface area contributed by atoms with Crippen molar-refractivity contribution in [3.05, 3.63) is 123 Å². The summed E-state index contributed by atoms with van der Waals surface area (Å²) >= 11 is 9.34. The summed E-state index contributed by atoms with van der Waals surface area (Å²) in [5, 5.41) is 6.29. The van der Waals surface area contributed by atoms with Gasteiger partial charge in [-0.3, -0.25) is 4.79 Å². The lowest BCUT2D eigenvalue weighted by Gasteiger charge is -2.29. The topological polar surface area (TPSA) is 150 Å². The number of halogens is 5. The quantitative estimate of drug-likeness (QED) is 0.185. The molecule has 5 aromatic rings. The summed E-state index contributed by atoms with van der Waals surface area (Å²) in [4.78, 5) is 20.3. The highest BCUT2D eigenvalue weighted by atomic mass is 79.9. The van der Waals surface area contributed by atoms with Gasteiger partial charge in [0, 0.05) is 17.3 Å². The predicted octanol–water partition coefficient (Wildman–Crippen LogP) is 6.00. The van der Waals surface area contributed by atoms with Gasteiger partial charge in [-0.2, -0.15) is 9.78 Å². The Labute approximate surface area is 298 Å². The van der Waals surface area contributed by atoms with E-state index >= 15 is 0 Å². The number of hydrogen-bond acceptors (Lipinski definition) is 10. The van der Waals surface area contributed by atoms with Crippen molar-refractivity contribution in [1.29, 1.82) is 0 Å². The van der Waals surface area contributed by atoms with Crippen molar-refractivity contribution < 1.29 is 34.7 Å². The van der Waals surface area contributed by atoms with E-state index < -0.39 is 42.5 Å². The van der Waals surface area contributed by atoms with Crippen LogP contribution in [0.4, 0.5) is 18.9 Å². The minimum Gasteiger partial charge on any atom is -0.379 e. The number of sulfone groups is 2. The number of rotatable bonds is 8. The highest BCUT2D eigenvalue weighted by Gasteiger charge is 2.33. The van der Waals surface area contributed by atoms with E-state index in [1.54, 1.807) is 6.07 Å². The van der Waals surface area contributed by atoms with Crippen LogP contribution in [0.5, 0.6) is 0 Å². The van der Waals surface area contributed by atoms with Crippen LogP contribution in [0.2, 0.25) is 5.02 Å². The van der Waals surface area contributed by atoms with Crippen LogP contribution in [0.15, 0.2) is 120 Å². The van der Waals surface area contributed by atoms with E-state index in [2.05, 4.69) is 36.3 Å². The largest absolute Gasteiger partial charge is 0.379 e. The smallest absolute Gasteiger partial charge is 0.292 e. The van der Waals surface area contributed by atoms with Crippen molar-refractivity contribution in [1.82, 2.24) is 19.7 Å². The average Bonchev–Trinajstić information content (AvgIpc) is 3.10. The molecule has 0 saturated carbocycles. The molecule has 0 unspecified atom stereocenters. The normalized spacial score (nSPS) is 16.3. The Morgan fingerprint density at radius 3 is 1.88 bits per heavy atom. The molecule has 1 saturated heterocycles. The van der Waals surface area contributed by atoms with Gasteiger partial charge in [-0.05, 0) is 102 Å². The van der Waals surface area contributed by atoms with Gasteiger partial charge in [0.2, 0.25) is 19.7 Å². The fourth-order valence-corrected chi connectivity index (χ4v) is 7.38. The third kappa shape index (κ3) is 8.58. The zero-order valence-corrected chi connectivity index (χ0v) is 29.6. The number of nitrogens with zero attached hydrogens (tertiary/aromatic N) is 4. The van der Waals surface area contributed by atoms with Crippen LogP contribution in [0.25, 0.3) is 5.69 Å². The van der Waals surface area contributed by atoms with Gasteiger partial charge >= 0.3 is 0 Å². The van der Waals surface area contributed by atoms with E-state index in [1.165, 1.54) is 42.7 Å². The van der Waals surface area contributed by atoms with Gasteiger partial charge in [-0.25, -0.2) is 40.0 Å². The molecule has 1 fully saturated rings. The number of aromatic nitrogens is 4. The van der Waals surface area contributed by atoms with E-state index in [4.69, 9.17) is 16.3 Å². The second kappa shape index (κ2) is 15.4. The fraction of sp³-hybridized carbons (Fsp3) is 0.188. The van der Waals surface area contributed by atoms with Crippen LogP contribution in [0.3, 0.4) is 0 Å². The van der Waals surface area contributed by atoms with Gasteiger partial charge in [-0.15, -0.1) is 0 Å². The third-order valence-corrected chi connectivity index (χ3v) is 11.5. The van der Waals surface area contributed by atoms with E-state index in [9.17, 15) is 34.8 Å². The Bertz CT molecular complexity index is 2190. The first-order valence-electron chi connectivity index (χ1n) is 14.6. The molecule has 1 N–H and O–H groups in total. The van der Waals surface area contributed by atoms with Crippen LogP contribution >= 0.6 is 27.5 Å². The Balaban J connectivity index is 0.000000240. The summed E-state index contributed by atoms with van der Waals surface area (Å²) in [6.45, 7) is 0.387. The van der Waals surface area contributed by atoms with Gasteiger partial charge in [-0.1, -0.05) is 11.6 Å². The second-order valence-electron chi connectivity index (χ2n) is 10.8. The molecule has 0 bridgehead atoms. The molecule has 11 nitrogen and oxygen atoms in total. The molecule has 262 valence electrons. The molecule has 6 rings (SSSR count). The summed E-state index contributed by atoms with van der Waals surface area (Å²) < 4.78 is 96.7. The van der Waals surface area contributed by atoms with Gasteiger partial charge < -0.3 is 10.1 Å². The average molecular weight is 813 g/mol. The van der Waals surface area contributed by atoms with Gasteiger partial charge in [0.1, 0.15) is 16.7 Å². The molecule has 50 heavy (non-hydrogen) atoms. The van der Waals surface area contributed by atoms with Crippen molar-refractivity contribution in [2.75, 3.05) is 25.1 Å².